The van der Waals surface area contributed by atoms with Crippen molar-refractivity contribution in [1.29, 1.82) is 0 Å². The molecule has 1 aliphatic heterocycles. The molecule has 0 bridgehead atoms. The maximum atomic E-state index is 13.1. The number of carbonyl (C=O) groups is 2. The molecule has 0 unspecified atom stereocenters. The van der Waals surface area contributed by atoms with Gasteiger partial charge in [0.15, 0.2) is 0 Å². The molecular formula is C27H34N6O2S. The first-order valence-corrected chi connectivity index (χ1v) is 13.4. The molecule has 2 aromatic heterocycles. The molecule has 0 atom stereocenters. The van der Waals surface area contributed by atoms with Gasteiger partial charge in [0.2, 0.25) is 0 Å². The summed E-state index contributed by atoms with van der Waals surface area (Å²) in [4.78, 5) is 34.2. The van der Waals surface area contributed by atoms with Crippen LogP contribution in [0.2, 0.25) is 0 Å². The second-order valence-electron chi connectivity index (χ2n) is 9.04. The topological polar surface area (TPSA) is 104 Å². The van der Waals surface area contributed by atoms with Crippen molar-refractivity contribution >= 4 is 34.6 Å². The van der Waals surface area contributed by atoms with Crippen LogP contribution in [-0.2, 0) is 13.0 Å². The van der Waals surface area contributed by atoms with Crippen LogP contribution < -0.4 is 16.4 Å². The fourth-order valence-corrected chi connectivity index (χ4v) is 4.95. The van der Waals surface area contributed by atoms with Crippen LogP contribution in [0.3, 0.4) is 0 Å². The predicted molar refractivity (Wildman–Crippen MR) is 145 cm³/mol. The van der Waals surface area contributed by atoms with Crippen molar-refractivity contribution in [3.63, 3.8) is 0 Å². The van der Waals surface area contributed by atoms with Crippen LogP contribution in [0.25, 0.3) is 0 Å². The Morgan fingerprint density at radius 3 is 2.56 bits per heavy atom. The Bertz CT molecular complexity index is 1110. The van der Waals surface area contributed by atoms with Crippen molar-refractivity contribution in [2.45, 2.75) is 32.2 Å². The summed E-state index contributed by atoms with van der Waals surface area (Å²) in [6.07, 6.45) is 5.88. The summed E-state index contributed by atoms with van der Waals surface area (Å²) in [5, 5.41) is 9.41. The van der Waals surface area contributed by atoms with E-state index in [1.807, 2.05) is 29.2 Å². The molecule has 1 aliphatic rings. The average Bonchev–Trinajstić information content (AvgIpc) is 3.56. The highest BCUT2D eigenvalue weighted by atomic mass is 32.1. The maximum absolute atomic E-state index is 13.1. The molecule has 0 spiro atoms. The van der Waals surface area contributed by atoms with Gasteiger partial charge < -0.3 is 26.2 Å². The molecule has 0 aliphatic carbocycles. The van der Waals surface area contributed by atoms with Crippen molar-refractivity contribution in [2.75, 3.05) is 43.8 Å². The summed E-state index contributed by atoms with van der Waals surface area (Å²) in [5.74, 6) is -0.312. The number of nitrogen functional groups attached to an aromatic ring is 1. The Labute approximate surface area is 216 Å². The minimum absolute atomic E-state index is 0.0814. The number of nitrogens with one attached hydrogen (secondary N) is 2. The first-order chi connectivity index (χ1) is 17.6. The molecule has 4 rings (SSSR count). The number of thiophene rings is 1. The zero-order chi connectivity index (χ0) is 25.2. The van der Waals surface area contributed by atoms with E-state index in [9.17, 15) is 9.59 Å². The Morgan fingerprint density at radius 2 is 1.86 bits per heavy atom. The molecule has 3 heterocycles. The van der Waals surface area contributed by atoms with E-state index in [0.29, 0.717) is 36.7 Å². The van der Waals surface area contributed by atoms with Gasteiger partial charge in [0.25, 0.3) is 5.91 Å². The van der Waals surface area contributed by atoms with Crippen LogP contribution in [0, 0.1) is 0 Å². The number of nitrogens with zero attached hydrogens (tertiary/aromatic N) is 3. The lowest BCUT2D eigenvalue weighted by atomic mass is 10.1. The third kappa shape index (κ3) is 7.53. The van der Waals surface area contributed by atoms with Gasteiger partial charge in [0.05, 0.1) is 11.4 Å². The summed E-state index contributed by atoms with van der Waals surface area (Å²) in [6, 6.07) is 13.6. The molecular weight excluding hydrogens is 472 g/mol. The lowest BCUT2D eigenvalue weighted by Crippen LogP contribution is -2.41. The van der Waals surface area contributed by atoms with Gasteiger partial charge in [-0.3, -0.25) is 9.78 Å². The van der Waals surface area contributed by atoms with E-state index in [1.165, 1.54) is 29.7 Å². The number of rotatable bonds is 11. The van der Waals surface area contributed by atoms with Crippen molar-refractivity contribution in [3.05, 3.63) is 76.2 Å². The molecule has 0 radical (unpaired) electrons. The summed E-state index contributed by atoms with van der Waals surface area (Å²) in [6.45, 7) is 4.96. The summed E-state index contributed by atoms with van der Waals surface area (Å²) in [7, 11) is 0. The minimum Gasteiger partial charge on any atom is -0.396 e. The molecule has 4 N–H and O–H groups in total. The molecule has 36 heavy (non-hydrogen) atoms. The number of anilines is 2. The Hall–Kier alpha value is -3.43. The quantitative estimate of drug-likeness (QED) is 0.361. The molecule has 8 nitrogen and oxygen atoms in total. The number of aromatic nitrogens is 1. The van der Waals surface area contributed by atoms with Crippen LogP contribution in [-0.4, -0.2) is 59.4 Å². The van der Waals surface area contributed by atoms with Crippen molar-refractivity contribution < 1.29 is 9.59 Å². The van der Waals surface area contributed by atoms with E-state index in [0.717, 1.165) is 38.0 Å². The third-order valence-corrected chi connectivity index (χ3v) is 7.05. The van der Waals surface area contributed by atoms with Gasteiger partial charge in [-0.2, -0.15) is 0 Å². The van der Waals surface area contributed by atoms with E-state index >= 15 is 0 Å². The largest absolute Gasteiger partial charge is 0.396 e. The number of hydrogen-bond acceptors (Lipinski definition) is 6. The SMILES string of the molecule is Nc1cscc1NC(=O)c1ccc(CN(CCCN2CCCC2)C(=O)NCCc2ccccc2)cn1. The van der Waals surface area contributed by atoms with Crippen molar-refractivity contribution in [1.82, 2.24) is 20.1 Å². The van der Waals surface area contributed by atoms with Crippen LogP contribution in [0.1, 0.15) is 40.9 Å². The van der Waals surface area contributed by atoms with Gasteiger partial charge in [-0.25, -0.2) is 4.79 Å². The van der Waals surface area contributed by atoms with E-state index < -0.39 is 0 Å². The summed E-state index contributed by atoms with van der Waals surface area (Å²) < 4.78 is 0. The second-order valence-corrected chi connectivity index (χ2v) is 9.78. The minimum atomic E-state index is -0.312. The van der Waals surface area contributed by atoms with Crippen LogP contribution in [0.15, 0.2) is 59.4 Å². The molecule has 1 aromatic carbocycles. The number of amides is 3. The zero-order valence-corrected chi connectivity index (χ0v) is 21.3. The van der Waals surface area contributed by atoms with Crippen molar-refractivity contribution in [2.24, 2.45) is 0 Å². The molecule has 190 valence electrons. The standard InChI is InChI=1S/C27H34N6O2S/c28-23-19-36-20-25(23)31-26(34)24-10-9-22(17-30-24)18-33(16-6-15-32-13-4-5-14-32)27(35)29-12-11-21-7-2-1-3-8-21/h1-3,7-10,17,19-20H,4-6,11-16,18,28H2,(H,29,35)(H,31,34). The van der Waals surface area contributed by atoms with E-state index in [1.54, 1.807) is 23.0 Å². The van der Waals surface area contributed by atoms with Crippen molar-refractivity contribution in [3.8, 4) is 0 Å². The van der Waals surface area contributed by atoms with E-state index in [4.69, 9.17) is 5.73 Å². The molecule has 3 aromatic rings. The summed E-state index contributed by atoms with van der Waals surface area (Å²) >= 11 is 1.43. The van der Waals surface area contributed by atoms with Crippen LogP contribution in [0.5, 0.6) is 0 Å². The summed E-state index contributed by atoms with van der Waals surface area (Å²) in [5.41, 5.74) is 9.35. The Morgan fingerprint density at radius 1 is 1.06 bits per heavy atom. The number of hydrogen-bond donors (Lipinski definition) is 3. The highest BCUT2D eigenvalue weighted by Gasteiger charge is 2.17. The van der Waals surface area contributed by atoms with Gasteiger partial charge in [-0.1, -0.05) is 36.4 Å². The molecule has 3 amide bonds. The number of benzene rings is 1. The first kappa shape index (κ1) is 25.7. The number of carbonyl (C=O) groups excluding carboxylic acids is 2. The normalized spacial score (nSPS) is 13.4. The Balaban J connectivity index is 1.33. The second kappa shape index (κ2) is 13.0. The molecule has 0 saturated carbocycles. The van der Waals surface area contributed by atoms with E-state index in [2.05, 4.69) is 32.7 Å². The smallest absolute Gasteiger partial charge is 0.317 e. The lowest BCUT2D eigenvalue weighted by Gasteiger charge is -2.24. The molecule has 1 saturated heterocycles. The predicted octanol–water partition coefficient (Wildman–Crippen LogP) is 4.22. The van der Waals surface area contributed by atoms with Crippen LogP contribution in [0.4, 0.5) is 16.2 Å². The highest BCUT2D eigenvalue weighted by molar-refractivity contribution is 7.09. The highest BCUT2D eigenvalue weighted by Crippen LogP contribution is 2.23. The van der Waals surface area contributed by atoms with Gasteiger partial charge in [-0.05, 0) is 62.5 Å². The first-order valence-electron chi connectivity index (χ1n) is 12.5. The average molecular weight is 507 g/mol. The number of pyridine rings is 1. The number of likely N-dealkylation sites (tertiary alicyclic amines) is 1. The fraction of sp³-hybridized carbons (Fsp3) is 0.370. The number of nitrogens with two attached hydrogens (primary N) is 1. The molecule has 1 fully saturated rings. The van der Waals surface area contributed by atoms with Crippen LogP contribution >= 0.6 is 11.3 Å². The lowest BCUT2D eigenvalue weighted by molar-refractivity contribution is 0.102. The molecule has 9 heteroatoms. The monoisotopic (exact) mass is 506 g/mol. The van der Waals surface area contributed by atoms with Gasteiger partial charge >= 0.3 is 6.03 Å². The van der Waals surface area contributed by atoms with E-state index in [-0.39, 0.29) is 11.9 Å². The van der Waals surface area contributed by atoms with Gasteiger partial charge in [0, 0.05) is 36.6 Å². The zero-order valence-electron chi connectivity index (χ0n) is 20.5. The third-order valence-electron chi connectivity index (χ3n) is 6.29. The maximum Gasteiger partial charge on any atom is 0.317 e. The number of urea groups is 1. The fourth-order valence-electron chi connectivity index (χ4n) is 4.28. The van der Waals surface area contributed by atoms with Gasteiger partial charge in [0.1, 0.15) is 5.69 Å². The Kier molecular flexibility index (Phi) is 9.29. The van der Waals surface area contributed by atoms with Gasteiger partial charge in [-0.15, -0.1) is 11.3 Å².